The molecule has 0 radical (unpaired) electrons. The van der Waals surface area contributed by atoms with Gasteiger partial charge in [0, 0.05) is 36.3 Å². The molecule has 1 aliphatic heterocycles. The van der Waals surface area contributed by atoms with Gasteiger partial charge in [-0.05, 0) is 23.6 Å². The zero-order chi connectivity index (χ0) is 17.7. The number of nitrogens with one attached hydrogen (secondary N) is 1. The minimum absolute atomic E-state index is 0.0179. The third-order valence-electron chi connectivity index (χ3n) is 5.64. The molecule has 2 heterocycles. The van der Waals surface area contributed by atoms with Gasteiger partial charge in [-0.3, -0.25) is 9.89 Å². The van der Waals surface area contributed by atoms with Crippen LogP contribution in [0.4, 0.5) is 0 Å². The van der Waals surface area contributed by atoms with E-state index in [2.05, 4.69) is 40.5 Å². The standard InChI is InChI=1S/C21H18N4O/c22-13-21(9-10-21)20(26)25-11-8-18-17(12-25)19(24-23-18)16-7-3-5-14-4-1-2-6-15(14)16/h1-7H,8-12H2,(H,23,24). The van der Waals surface area contributed by atoms with Crippen molar-refractivity contribution in [3.63, 3.8) is 0 Å². The summed E-state index contributed by atoms with van der Waals surface area (Å²) in [4.78, 5) is 14.6. The van der Waals surface area contributed by atoms with Crippen LogP contribution in [0.3, 0.4) is 0 Å². The van der Waals surface area contributed by atoms with Crippen LogP contribution < -0.4 is 0 Å². The van der Waals surface area contributed by atoms with Crippen molar-refractivity contribution in [2.45, 2.75) is 25.8 Å². The van der Waals surface area contributed by atoms with Gasteiger partial charge in [-0.1, -0.05) is 42.5 Å². The SMILES string of the molecule is N#CC1(C(=O)N2CCc3[nH]nc(-c4cccc5ccccc45)c3C2)CC1. The fourth-order valence-electron chi connectivity index (χ4n) is 3.92. The lowest BCUT2D eigenvalue weighted by molar-refractivity contribution is -0.135. The smallest absolute Gasteiger partial charge is 0.243 e. The number of hydrogen-bond acceptors (Lipinski definition) is 3. The molecule has 1 aromatic heterocycles. The topological polar surface area (TPSA) is 72.8 Å². The maximum atomic E-state index is 12.8. The van der Waals surface area contributed by atoms with Gasteiger partial charge in [0.1, 0.15) is 5.41 Å². The van der Waals surface area contributed by atoms with Gasteiger partial charge >= 0.3 is 0 Å². The van der Waals surface area contributed by atoms with Crippen LogP contribution in [0.2, 0.25) is 0 Å². The Labute approximate surface area is 151 Å². The van der Waals surface area contributed by atoms with Crippen molar-refractivity contribution in [2.75, 3.05) is 6.54 Å². The van der Waals surface area contributed by atoms with Gasteiger partial charge in [0.25, 0.3) is 0 Å². The second kappa shape index (κ2) is 5.43. The Morgan fingerprint density at radius 3 is 2.81 bits per heavy atom. The Morgan fingerprint density at radius 1 is 1.19 bits per heavy atom. The van der Waals surface area contributed by atoms with Crippen LogP contribution in [0.15, 0.2) is 42.5 Å². The summed E-state index contributed by atoms with van der Waals surface area (Å²) >= 11 is 0. The molecule has 0 saturated heterocycles. The van der Waals surface area contributed by atoms with Crippen LogP contribution in [0.5, 0.6) is 0 Å². The molecule has 5 nitrogen and oxygen atoms in total. The second-order valence-electron chi connectivity index (χ2n) is 7.23. The highest BCUT2D eigenvalue weighted by Gasteiger charge is 2.53. The molecule has 2 aromatic carbocycles. The molecule has 26 heavy (non-hydrogen) atoms. The number of hydrogen-bond donors (Lipinski definition) is 1. The molecular formula is C21H18N4O. The molecule has 128 valence electrons. The van der Waals surface area contributed by atoms with Gasteiger partial charge in [0.05, 0.1) is 11.8 Å². The molecule has 1 amide bonds. The maximum absolute atomic E-state index is 12.8. The van der Waals surface area contributed by atoms with E-state index in [1.54, 1.807) is 0 Å². The van der Waals surface area contributed by atoms with Gasteiger partial charge in [-0.15, -0.1) is 0 Å². The molecule has 1 saturated carbocycles. The van der Waals surface area contributed by atoms with E-state index in [-0.39, 0.29) is 5.91 Å². The average Bonchev–Trinajstić information content (AvgIpc) is 3.39. The number of carbonyl (C=O) groups is 1. The van der Waals surface area contributed by atoms with Gasteiger partial charge in [-0.2, -0.15) is 10.4 Å². The number of H-pyrrole nitrogens is 1. The van der Waals surface area contributed by atoms with E-state index in [0.29, 0.717) is 25.9 Å². The first-order valence-corrected chi connectivity index (χ1v) is 8.97. The summed E-state index contributed by atoms with van der Waals surface area (Å²) in [5, 5.41) is 19.4. The lowest BCUT2D eigenvalue weighted by atomic mass is 9.96. The second-order valence-corrected chi connectivity index (χ2v) is 7.23. The summed E-state index contributed by atoms with van der Waals surface area (Å²) in [5.41, 5.74) is 3.40. The Hall–Kier alpha value is -3.13. The van der Waals surface area contributed by atoms with E-state index < -0.39 is 5.41 Å². The van der Waals surface area contributed by atoms with Crippen LogP contribution in [-0.4, -0.2) is 27.5 Å². The highest BCUT2D eigenvalue weighted by molar-refractivity contribution is 5.96. The van der Waals surface area contributed by atoms with E-state index in [9.17, 15) is 10.1 Å². The van der Waals surface area contributed by atoms with Crippen LogP contribution >= 0.6 is 0 Å². The summed E-state index contributed by atoms with van der Waals surface area (Å²) < 4.78 is 0. The Kier molecular flexibility index (Phi) is 3.17. The number of nitrogens with zero attached hydrogens (tertiary/aromatic N) is 3. The number of aromatic nitrogens is 2. The normalized spacial score (nSPS) is 17.6. The van der Waals surface area contributed by atoms with Gasteiger partial charge in [-0.25, -0.2) is 0 Å². The minimum atomic E-state index is -0.763. The van der Waals surface area contributed by atoms with E-state index in [1.807, 2.05) is 23.1 Å². The number of carbonyl (C=O) groups excluding carboxylic acids is 1. The number of nitriles is 1. The van der Waals surface area contributed by atoms with Gasteiger partial charge < -0.3 is 4.90 Å². The molecule has 5 heteroatoms. The van der Waals surface area contributed by atoms with Crippen molar-refractivity contribution in [1.82, 2.24) is 15.1 Å². The van der Waals surface area contributed by atoms with Crippen molar-refractivity contribution in [1.29, 1.82) is 5.26 Å². The molecule has 0 unspecified atom stereocenters. The van der Waals surface area contributed by atoms with E-state index in [0.717, 1.165) is 34.3 Å². The molecular weight excluding hydrogens is 324 g/mol. The van der Waals surface area contributed by atoms with Gasteiger partial charge in [0.2, 0.25) is 5.91 Å². The Balaban J connectivity index is 1.56. The Morgan fingerprint density at radius 2 is 2.00 bits per heavy atom. The fourth-order valence-corrected chi connectivity index (χ4v) is 3.92. The Bertz CT molecular complexity index is 1070. The third-order valence-corrected chi connectivity index (χ3v) is 5.64. The molecule has 0 atom stereocenters. The first-order chi connectivity index (χ1) is 12.7. The molecule has 3 aromatic rings. The maximum Gasteiger partial charge on any atom is 0.243 e. The average molecular weight is 342 g/mol. The van der Waals surface area contributed by atoms with Crippen LogP contribution in [0.1, 0.15) is 24.1 Å². The molecule has 1 N–H and O–H groups in total. The molecule has 0 spiro atoms. The summed E-state index contributed by atoms with van der Waals surface area (Å²) in [6.07, 6.45) is 2.13. The minimum Gasteiger partial charge on any atom is -0.336 e. The first-order valence-electron chi connectivity index (χ1n) is 8.97. The summed E-state index contributed by atoms with van der Waals surface area (Å²) in [7, 11) is 0. The summed E-state index contributed by atoms with van der Waals surface area (Å²) in [6.45, 7) is 1.17. The number of rotatable bonds is 2. The zero-order valence-electron chi connectivity index (χ0n) is 14.3. The van der Waals surface area contributed by atoms with Crippen LogP contribution in [0.25, 0.3) is 22.0 Å². The fraction of sp³-hybridized carbons (Fsp3) is 0.286. The van der Waals surface area contributed by atoms with E-state index in [4.69, 9.17) is 0 Å². The first kappa shape index (κ1) is 15.2. The molecule has 2 aliphatic rings. The molecule has 1 fully saturated rings. The van der Waals surface area contributed by atoms with Crippen molar-refractivity contribution in [3.05, 3.63) is 53.7 Å². The van der Waals surface area contributed by atoms with Crippen molar-refractivity contribution >= 4 is 16.7 Å². The van der Waals surface area contributed by atoms with Crippen molar-refractivity contribution in [2.24, 2.45) is 5.41 Å². The number of fused-ring (bicyclic) bond motifs is 2. The number of benzene rings is 2. The van der Waals surface area contributed by atoms with E-state index in [1.165, 1.54) is 5.39 Å². The highest BCUT2D eigenvalue weighted by Crippen LogP contribution is 2.47. The third kappa shape index (κ3) is 2.15. The van der Waals surface area contributed by atoms with Gasteiger partial charge in [0.15, 0.2) is 0 Å². The quantitative estimate of drug-likeness (QED) is 0.775. The predicted octanol–water partition coefficient (Wildman–Crippen LogP) is 3.42. The largest absolute Gasteiger partial charge is 0.336 e. The zero-order valence-corrected chi connectivity index (χ0v) is 14.3. The summed E-state index contributed by atoms with van der Waals surface area (Å²) in [6, 6.07) is 16.7. The monoisotopic (exact) mass is 342 g/mol. The lowest BCUT2D eigenvalue weighted by Gasteiger charge is -2.29. The van der Waals surface area contributed by atoms with Crippen LogP contribution in [0, 0.1) is 16.7 Å². The lowest BCUT2D eigenvalue weighted by Crippen LogP contribution is -2.40. The number of aromatic amines is 1. The van der Waals surface area contributed by atoms with Crippen LogP contribution in [-0.2, 0) is 17.8 Å². The predicted molar refractivity (Wildman–Crippen MR) is 97.9 cm³/mol. The summed E-state index contributed by atoms with van der Waals surface area (Å²) in [5.74, 6) is -0.0179. The highest BCUT2D eigenvalue weighted by atomic mass is 16.2. The molecule has 1 aliphatic carbocycles. The van der Waals surface area contributed by atoms with E-state index >= 15 is 0 Å². The van der Waals surface area contributed by atoms with Crippen molar-refractivity contribution < 1.29 is 4.79 Å². The molecule has 0 bridgehead atoms. The number of amides is 1. The van der Waals surface area contributed by atoms with Crippen molar-refractivity contribution in [3.8, 4) is 17.3 Å². The molecule has 5 rings (SSSR count).